The third-order valence-electron chi connectivity index (χ3n) is 6.97. The second kappa shape index (κ2) is 9.00. The van der Waals surface area contributed by atoms with Crippen LogP contribution in [0.3, 0.4) is 0 Å². The zero-order valence-electron chi connectivity index (χ0n) is 18.2. The minimum atomic E-state index is -3.05. The monoisotopic (exact) mass is 458 g/mol. The standard InChI is InChI=1S/C24H30N2O5S/c27-23-12-22(15-25-13-19-4-1-2-5-20(19)14-25)30-17-24(23)31-16-18-6-8-21(9-7-18)26-10-3-11-32(26,28)29/h1-2,4-5,12,17-18,21H,3,6-11,13-16H2. The maximum atomic E-state index is 12.5. The van der Waals surface area contributed by atoms with Gasteiger partial charge in [0.25, 0.3) is 0 Å². The maximum absolute atomic E-state index is 12.5. The fourth-order valence-electron chi connectivity index (χ4n) is 5.24. The number of hydrogen-bond donors (Lipinski definition) is 0. The van der Waals surface area contributed by atoms with Crippen LogP contribution in [-0.4, -0.2) is 42.6 Å². The molecule has 172 valence electrons. The average Bonchev–Trinajstić information content (AvgIpc) is 3.35. The Morgan fingerprint density at radius 1 is 1.06 bits per heavy atom. The Morgan fingerprint density at radius 2 is 1.78 bits per heavy atom. The molecule has 1 aliphatic carbocycles. The van der Waals surface area contributed by atoms with Crippen molar-refractivity contribution in [1.29, 1.82) is 0 Å². The Bertz CT molecular complexity index is 1100. The summed E-state index contributed by atoms with van der Waals surface area (Å²) in [6.45, 7) is 3.43. The van der Waals surface area contributed by atoms with Gasteiger partial charge in [-0.3, -0.25) is 9.69 Å². The molecule has 8 heteroatoms. The molecule has 3 heterocycles. The molecule has 0 radical (unpaired) electrons. The summed E-state index contributed by atoms with van der Waals surface area (Å²) < 4.78 is 37.5. The quantitative estimate of drug-likeness (QED) is 0.662. The summed E-state index contributed by atoms with van der Waals surface area (Å²) in [6.07, 6.45) is 5.72. The summed E-state index contributed by atoms with van der Waals surface area (Å²) >= 11 is 0. The molecule has 0 spiro atoms. The molecule has 32 heavy (non-hydrogen) atoms. The van der Waals surface area contributed by atoms with E-state index in [1.165, 1.54) is 23.5 Å². The first-order valence-corrected chi connectivity index (χ1v) is 13.1. The van der Waals surface area contributed by atoms with Crippen molar-refractivity contribution in [1.82, 2.24) is 9.21 Å². The highest BCUT2D eigenvalue weighted by atomic mass is 32.2. The summed E-state index contributed by atoms with van der Waals surface area (Å²) in [7, 11) is -3.05. The van der Waals surface area contributed by atoms with Crippen LogP contribution in [-0.2, 0) is 29.7 Å². The Labute approximate surface area is 189 Å². The Balaban J connectivity index is 1.11. The van der Waals surface area contributed by atoms with Crippen LogP contribution in [0.5, 0.6) is 5.75 Å². The molecule has 1 aromatic heterocycles. The molecule has 0 amide bonds. The first-order valence-electron chi connectivity index (χ1n) is 11.5. The molecule has 2 aromatic rings. The van der Waals surface area contributed by atoms with Crippen LogP contribution in [0.4, 0.5) is 0 Å². The lowest BCUT2D eigenvalue weighted by atomic mass is 9.86. The van der Waals surface area contributed by atoms with Crippen LogP contribution >= 0.6 is 0 Å². The number of sulfonamides is 1. The van der Waals surface area contributed by atoms with Crippen LogP contribution in [0.1, 0.15) is 49.0 Å². The van der Waals surface area contributed by atoms with Gasteiger partial charge in [0.05, 0.1) is 18.9 Å². The van der Waals surface area contributed by atoms with Gasteiger partial charge in [0.1, 0.15) is 12.0 Å². The van der Waals surface area contributed by atoms with Crippen molar-refractivity contribution in [3.63, 3.8) is 0 Å². The highest BCUT2D eigenvalue weighted by Gasteiger charge is 2.36. The maximum Gasteiger partial charge on any atom is 0.227 e. The fourth-order valence-corrected chi connectivity index (χ4v) is 7.04. The second-order valence-electron chi connectivity index (χ2n) is 9.25. The van der Waals surface area contributed by atoms with E-state index < -0.39 is 10.0 Å². The van der Waals surface area contributed by atoms with Crippen molar-refractivity contribution in [2.75, 3.05) is 18.9 Å². The SMILES string of the molecule is O=c1cc(CN2Cc3ccccc3C2)occ1OCC1CCC(N2CCCS2(=O)=O)CC1. The number of benzene rings is 1. The predicted octanol–water partition coefficient (Wildman–Crippen LogP) is 3.13. The van der Waals surface area contributed by atoms with Gasteiger partial charge in [-0.2, -0.15) is 4.31 Å². The zero-order valence-corrected chi connectivity index (χ0v) is 19.1. The van der Waals surface area contributed by atoms with Crippen LogP contribution in [0.25, 0.3) is 0 Å². The number of nitrogens with zero attached hydrogens (tertiary/aromatic N) is 2. The molecule has 2 fully saturated rings. The minimum Gasteiger partial charge on any atom is -0.486 e. The number of ether oxygens (including phenoxy) is 1. The van der Waals surface area contributed by atoms with E-state index >= 15 is 0 Å². The normalized spacial score (nSPS) is 25.6. The van der Waals surface area contributed by atoms with Gasteiger partial charge in [0.15, 0.2) is 0 Å². The highest BCUT2D eigenvalue weighted by Crippen LogP contribution is 2.31. The molecule has 7 nitrogen and oxygen atoms in total. The molecule has 2 aliphatic heterocycles. The van der Waals surface area contributed by atoms with Crippen LogP contribution in [0, 0.1) is 5.92 Å². The smallest absolute Gasteiger partial charge is 0.227 e. The fraction of sp³-hybridized carbons (Fsp3) is 0.542. The lowest BCUT2D eigenvalue weighted by Crippen LogP contribution is -2.39. The van der Waals surface area contributed by atoms with Gasteiger partial charge in [-0.05, 0) is 49.1 Å². The van der Waals surface area contributed by atoms with E-state index in [9.17, 15) is 13.2 Å². The second-order valence-corrected chi connectivity index (χ2v) is 11.3. The first-order chi connectivity index (χ1) is 15.5. The van der Waals surface area contributed by atoms with E-state index in [1.54, 1.807) is 4.31 Å². The van der Waals surface area contributed by atoms with Crippen LogP contribution in [0.15, 0.2) is 45.8 Å². The Morgan fingerprint density at radius 3 is 2.41 bits per heavy atom. The summed E-state index contributed by atoms with van der Waals surface area (Å²) in [6, 6.07) is 10.0. The molecule has 0 N–H and O–H groups in total. The van der Waals surface area contributed by atoms with Gasteiger partial charge < -0.3 is 9.15 Å². The predicted molar refractivity (Wildman–Crippen MR) is 121 cm³/mol. The van der Waals surface area contributed by atoms with Crippen molar-refractivity contribution in [2.45, 2.75) is 57.8 Å². The van der Waals surface area contributed by atoms with Crippen molar-refractivity contribution in [2.24, 2.45) is 5.92 Å². The Hall–Kier alpha value is -2.16. The Kier molecular flexibility index (Phi) is 6.09. The topological polar surface area (TPSA) is 80.1 Å². The third kappa shape index (κ3) is 4.63. The van der Waals surface area contributed by atoms with E-state index in [0.717, 1.165) is 45.2 Å². The van der Waals surface area contributed by atoms with Crippen molar-refractivity contribution < 1.29 is 17.6 Å². The molecule has 1 saturated heterocycles. The molecular weight excluding hydrogens is 428 g/mol. The van der Waals surface area contributed by atoms with Gasteiger partial charge in [-0.25, -0.2) is 8.42 Å². The summed E-state index contributed by atoms with van der Waals surface area (Å²) in [4.78, 5) is 14.8. The van der Waals surface area contributed by atoms with E-state index in [1.807, 2.05) is 0 Å². The lowest BCUT2D eigenvalue weighted by Gasteiger charge is -2.33. The number of hydrogen-bond acceptors (Lipinski definition) is 6. The van der Waals surface area contributed by atoms with Gasteiger partial charge in [-0.15, -0.1) is 0 Å². The van der Waals surface area contributed by atoms with E-state index in [4.69, 9.17) is 9.15 Å². The molecule has 1 aromatic carbocycles. The molecule has 0 bridgehead atoms. The third-order valence-corrected chi connectivity index (χ3v) is 8.97. The van der Waals surface area contributed by atoms with Gasteiger partial charge in [0, 0.05) is 31.7 Å². The van der Waals surface area contributed by atoms with E-state index in [0.29, 0.717) is 31.4 Å². The van der Waals surface area contributed by atoms with Crippen molar-refractivity contribution in [3.05, 3.63) is 63.7 Å². The molecule has 0 unspecified atom stereocenters. The first kappa shape index (κ1) is 21.7. The van der Waals surface area contributed by atoms with Crippen LogP contribution < -0.4 is 10.2 Å². The summed E-state index contributed by atoms with van der Waals surface area (Å²) in [5.74, 6) is 1.51. The summed E-state index contributed by atoms with van der Waals surface area (Å²) in [5.41, 5.74) is 2.50. The molecule has 5 rings (SSSR count). The molecule has 3 aliphatic rings. The van der Waals surface area contributed by atoms with Crippen molar-refractivity contribution in [3.8, 4) is 5.75 Å². The minimum absolute atomic E-state index is 0.125. The molecule has 1 saturated carbocycles. The van der Waals surface area contributed by atoms with Crippen molar-refractivity contribution >= 4 is 10.0 Å². The van der Waals surface area contributed by atoms with Crippen LogP contribution in [0.2, 0.25) is 0 Å². The van der Waals surface area contributed by atoms with E-state index in [-0.39, 0.29) is 23.0 Å². The lowest BCUT2D eigenvalue weighted by molar-refractivity contribution is 0.163. The number of fused-ring (bicyclic) bond motifs is 1. The van der Waals surface area contributed by atoms with Gasteiger partial charge in [-0.1, -0.05) is 24.3 Å². The molecule has 0 atom stereocenters. The average molecular weight is 459 g/mol. The number of rotatable bonds is 6. The highest BCUT2D eigenvalue weighted by molar-refractivity contribution is 7.89. The van der Waals surface area contributed by atoms with Gasteiger partial charge >= 0.3 is 0 Å². The zero-order chi connectivity index (χ0) is 22.1. The molecular formula is C24H30N2O5S. The van der Waals surface area contributed by atoms with E-state index in [2.05, 4.69) is 29.2 Å². The largest absolute Gasteiger partial charge is 0.486 e. The van der Waals surface area contributed by atoms with Gasteiger partial charge in [0.2, 0.25) is 21.2 Å². The summed E-state index contributed by atoms with van der Waals surface area (Å²) in [5, 5.41) is 0.